The van der Waals surface area contributed by atoms with Gasteiger partial charge in [0.15, 0.2) is 0 Å². The van der Waals surface area contributed by atoms with Crippen molar-refractivity contribution in [3.63, 3.8) is 0 Å². The number of unbranched alkanes of at least 4 members (excludes halogenated alkanes) is 11. The Labute approximate surface area is 339 Å². The number of hydrogen-bond acceptors (Lipinski definition) is 4. The molecule has 0 bridgehead atoms. The average Bonchev–Trinajstić information content (AvgIpc) is 3.19. The third-order valence-corrected chi connectivity index (χ3v) is 8.78. The van der Waals surface area contributed by atoms with Crippen molar-refractivity contribution in [3.8, 4) is 0 Å². The van der Waals surface area contributed by atoms with Crippen LogP contribution in [-0.4, -0.2) is 37.0 Å². The standard InChI is InChI=1S/C51H82O4/c1-3-5-7-9-11-13-15-17-19-21-22-23-24-25-26-27-28-29-31-33-35-37-39-41-43-45-47-54-49-50(48-52)55-51(53)46-44-42-40-38-36-34-32-30-20-18-16-14-12-10-8-6-4-2/h5-8,11-14,17-20,22-23,25-26,28-29,33,35,50,52H,3-4,9-10,15-16,21,24,27,30-32,34,36-49H2,1-2H3/b7-5-,8-6-,13-11-,14-12-,19-17-,20-18-,23-22-,26-25-,29-28-,35-33-. The van der Waals surface area contributed by atoms with Crippen LogP contribution >= 0.6 is 0 Å². The van der Waals surface area contributed by atoms with Crippen LogP contribution in [0.5, 0.6) is 0 Å². The molecule has 0 fully saturated rings. The second-order valence-electron chi connectivity index (χ2n) is 14.0. The van der Waals surface area contributed by atoms with Gasteiger partial charge in [-0.1, -0.05) is 180 Å². The predicted molar refractivity (Wildman–Crippen MR) is 241 cm³/mol. The lowest BCUT2D eigenvalue weighted by atomic mass is 10.1. The highest BCUT2D eigenvalue weighted by Gasteiger charge is 2.13. The summed E-state index contributed by atoms with van der Waals surface area (Å²) >= 11 is 0. The summed E-state index contributed by atoms with van der Waals surface area (Å²) in [6.07, 6.45) is 69.7. The summed E-state index contributed by atoms with van der Waals surface area (Å²) in [6.45, 7) is 5.03. The lowest BCUT2D eigenvalue weighted by Gasteiger charge is -2.15. The Hall–Kier alpha value is -3.21. The van der Waals surface area contributed by atoms with Crippen molar-refractivity contribution in [1.29, 1.82) is 0 Å². The molecular weight excluding hydrogens is 677 g/mol. The molecule has 0 amide bonds. The molecule has 0 heterocycles. The zero-order valence-electron chi connectivity index (χ0n) is 35.4. The molecule has 4 heteroatoms. The van der Waals surface area contributed by atoms with Crippen molar-refractivity contribution >= 4 is 5.97 Å². The Kier molecular flexibility index (Phi) is 44.2. The Bertz CT molecular complexity index is 1110. The van der Waals surface area contributed by atoms with Gasteiger partial charge < -0.3 is 14.6 Å². The van der Waals surface area contributed by atoms with Gasteiger partial charge in [-0.05, 0) is 103 Å². The van der Waals surface area contributed by atoms with Gasteiger partial charge in [0.1, 0.15) is 6.10 Å². The van der Waals surface area contributed by atoms with E-state index in [1.807, 2.05) is 0 Å². The van der Waals surface area contributed by atoms with E-state index in [-0.39, 0.29) is 19.2 Å². The Balaban J connectivity index is 3.58. The molecule has 0 radical (unpaired) electrons. The molecule has 1 atom stereocenters. The first-order valence-corrected chi connectivity index (χ1v) is 22.1. The minimum Gasteiger partial charge on any atom is -0.457 e. The van der Waals surface area contributed by atoms with E-state index >= 15 is 0 Å². The zero-order valence-corrected chi connectivity index (χ0v) is 35.4. The molecule has 1 unspecified atom stereocenters. The van der Waals surface area contributed by atoms with Crippen LogP contribution < -0.4 is 0 Å². The first kappa shape index (κ1) is 51.8. The van der Waals surface area contributed by atoms with Crippen LogP contribution in [-0.2, 0) is 14.3 Å². The number of aliphatic hydroxyl groups is 1. The van der Waals surface area contributed by atoms with Crippen molar-refractivity contribution in [2.24, 2.45) is 0 Å². The molecule has 4 nitrogen and oxygen atoms in total. The van der Waals surface area contributed by atoms with E-state index in [9.17, 15) is 9.90 Å². The topological polar surface area (TPSA) is 55.8 Å². The summed E-state index contributed by atoms with van der Waals surface area (Å²) in [5, 5.41) is 9.61. The second kappa shape index (κ2) is 46.9. The van der Waals surface area contributed by atoms with Crippen molar-refractivity contribution < 1.29 is 19.4 Å². The number of rotatable bonds is 39. The number of esters is 1. The maximum Gasteiger partial charge on any atom is 0.306 e. The Morgan fingerprint density at radius 1 is 0.436 bits per heavy atom. The molecule has 0 aliphatic carbocycles. The Morgan fingerprint density at radius 3 is 1.15 bits per heavy atom. The smallest absolute Gasteiger partial charge is 0.306 e. The molecule has 0 saturated heterocycles. The van der Waals surface area contributed by atoms with Crippen molar-refractivity contribution in [3.05, 3.63) is 122 Å². The summed E-state index contributed by atoms with van der Waals surface area (Å²) in [5.74, 6) is -0.226. The minimum absolute atomic E-state index is 0.195. The molecule has 0 aromatic rings. The molecule has 0 aliphatic heterocycles. The van der Waals surface area contributed by atoms with Gasteiger partial charge >= 0.3 is 5.97 Å². The van der Waals surface area contributed by atoms with Gasteiger partial charge in [-0.15, -0.1) is 0 Å². The lowest BCUT2D eigenvalue weighted by Crippen LogP contribution is -2.27. The molecule has 0 aliphatic rings. The fourth-order valence-corrected chi connectivity index (χ4v) is 5.56. The molecule has 310 valence electrons. The maximum atomic E-state index is 12.2. The highest BCUT2D eigenvalue weighted by Crippen LogP contribution is 2.11. The normalized spacial score (nSPS) is 13.6. The molecule has 0 saturated carbocycles. The lowest BCUT2D eigenvalue weighted by molar-refractivity contribution is -0.154. The molecule has 0 aromatic carbocycles. The summed E-state index contributed by atoms with van der Waals surface area (Å²) in [4.78, 5) is 12.2. The summed E-state index contributed by atoms with van der Waals surface area (Å²) in [7, 11) is 0. The van der Waals surface area contributed by atoms with Crippen LogP contribution in [0.3, 0.4) is 0 Å². The highest BCUT2D eigenvalue weighted by molar-refractivity contribution is 5.69. The molecule has 0 aromatic heterocycles. The minimum atomic E-state index is -0.563. The molecule has 55 heavy (non-hydrogen) atoms. The van der Waals surface area contributed by atoms with Gasteiger partial charge in [0.05, 0.1) is 13.2 Å². The third-order valence-electron chi connectivity index (χ3n) is 8.78. The predicted octanol–water partition coefficient (Wildman–Crippen LogP) is 14.9. The van der Waals surface area contributed by atoms with Gasteiger partial charge in [0, 0.05) is 13.0 Å². The van der Waals surface area contributed by atoms with E-state index in [0.29, 0.717) is 13.0 Å². The van der Waals surface area contributed by atoms with E-state index in [1.165, 1.54) is 38.5 Å². The van der Waals surface area contributed by atoms with E-state index in [4.69, 9.17) is 9.47 Å². The molecular formula is C51H82O4. The summed E-state index contributed by atoms with van der Waals surface area (Å²) in [5.41, 5.74) is 0. The second-order valence-corrected chi connectivity index (χ2v) is 14.0. The fraction of sp³-hybridized carbons (Fsp3) is 0.588. The molecule has 0 rings (SSSR count). The number of ether oxygens (including phenoxy) is 2. The van der Waals surface area contributed by atoms with Crippen LogP contribution in [0.25, 0.3) is 0 Å². The van der Waals surface area contributed by atoms with E-state index < -0.39 is 6.10 Å². The van der Waals surface area contributed by atoms with Gasteiger partial charge in [0.2, 0.25) is 0 Å². The van der Waals surface area contributed by atoms with Crippen LogP contribution in [0.1, 0.15) is 168 Å². The van der Waals surface area contributed by atoms with Crippen LogP contribution in [0.15, 0.2) is 122 Å². The van der Waals surface area contributed by atoms with Gasteiger partial charge in [-0.25, -0.2) is 0 Å². The summed E-state index contributed by atoms with van der Waals surface area (Å²) < 4.78 is 11.1. The van der Waals surface area contributed by atoms with Crippen molar-refractivity contribution in [2.45, 2.75) is 174 Å². The number of allylic oxidation sites excluding steroid dienone is 20. The SMILES string of the molecule is CC/C=C\C/C=C\C/C=C\C/C=C\C/C=C\C/C=C\C/C=C\CCCCCCOCC(CO)OC(=O)CCCCCCCCC/C=C\C/C=C\C/C=C\CC. The van der Waals surface area contributed by atoms with Crippen LogP contribution in [0.4, 0.5) is 0 Å². The zero-order chi connectivity index (χ0) is 39.8. The van der Waals surface area contributed by atoms with Gasteiger partial charge in [-0.2, -0.15) is 0 Å². The van der Waals surface area contributed by atoms with E-state index in [2.05, 4.69) is 135 Å². The largest absolute Gasteiger partial charge is 0.457 e. The monoisotopic (exact) mass is 759 g/mol. The van der Waals surface area contributed by atoms with Crippen LogP contribution in [0, 0.1) is 0 Å². The maximum absolute atomic E-state index is 12.2. The summed E-state index contributed by atoms with van der Waals surface area (Å²) in [6, 6.07) is 0. The van der Waals surface area contributed by atoms with E-state index in [1.54, 1.807) is 0 Å². The van der Waals surface area contributed by atoms with Crippen molar-refractivity contribution in [2.75, 3.05) is 19.8 Å². The molecule has 0 spiro atoms. The first-order chi connectivity index (χ1) is 27.2. The number of carbonyl (C=O) groups excluding carboxylic acids is 1. The number of carbonyl (C=O) groups is 1. The molecule has 1 N–H and O–H groups in total. The fourth-order valence-electron chi connectivity index (χ4n) is 5.56. The van der Waals surface area contributed by atoms with Gasteiger partial charge in [0.25, 0.3) is 0 Å². The Morgan fingerprint density at radius 2 is 0.764 bits per heavy atom. The highest BCUT2D eigenvalue weighted by atomic mass is 16.6. The first-order valence-electron chi connectivity index (χ1n) is 22.1. The number of aliphatic hydroxyl groups excluding tert-OH is 1. The quantitative estimate of drug-likeness (QED) is 0.0385. The van der Waals surface area contributed by atoms with Gasteiger partial charge in [-0.3, -0.25) is 4.79 Å². The number of hydrogen-bond donors (Lipinski definition) is 1. The van der Waals surface area contributed by atoms with Crippen molar-refractivity contribution in [1.82, 2.24) is 0 Å². The average molecular weight is 759 g/mol. The third kappa shape index (κ3) is 45.1. The van der Waals surface area contributed by atoms with Crippen LogP contribution in [0.2, 0.25) is 0 Å². The van der Waals surface area contributed by atoms with E-state index in [0.717, 1.165) is 109 Å².